The highest BCUT2D eigenvalue weighted by molar-refractivity contribution is 5.92. The number of carbonyl (C=O) groups excluding carboxylic acids is 1. The lowest BCUT2D eigenvalue weighted by Gasteiger charge is -2.32. The summed E-state index contributed by atoms with van der Waals surface area (Å²) in [7, 11) is 4.69. The molecule has 1 aliphatic heterocycles. The second-order valence-electron chi connectivity index (χ2n) is 8.25. The van der Waals surface area contributed by atoms with Crippen molar-refractivity contribution in [2.45, 2.75) is 32.7 Å². The predicted octanol–water partition coefficient (Wildman–Crippen LogP) is 4.84. The Morgan fingerprint density at radius 2 is 1.66 bits per heavy atom. The standard InChI is InChI=1S/C26H34N2O4/c1-18-14-16-28(17-15-18)22-10-6-20(7-11-22)19(2)27-24(29)13-9-21-8-12-23(30-3)26(32-5)25(21)31-4/h6-13,18-19H,14-17H2,1-5H3,(H,27,29)/b13-9+. The normalized spacial score (nSPS) is 15.5. The molecule has 1 fully saturated rings. The van der Waals surface area contributed by atoms with Crippen LogP contribution in [0.3, 0.4) is 0 Å². The number of piperidine rings is 1. The van der Waals surface area contributed by atoms with Gasteiger partial charge in [0.25, 0.3) is 0 Å². The van der Waals surface area contributed by atoms with E-state index < -0.39 is 0 Å². The van der Waals surface area contributed by atoms with Crippen molar-refractivity contribution in [2.75, 3.05) is 39.3 Å². The van der Waals surface area contributed by atoms with Gasteiger partial charge in [0.2, 0.25) is 11.7 Å². The number of amides is 1. The lowest BCUT2D eigenvalue weighted by molar-refractivity contribution is -0.117. The minimum atomic E-state index is -0.177. The van der Waals surface area contributed by atoms with Gasteiger partial charge in [-0.1, -0.05) is 19.1 Å². The van der Waals surface area contributed by atoms with Gasteiger partial charge in [-0.25, -0.2) is 0 Å². The number of anilines is 1. The van der Waals surface area contributed by atoms with Crippen LogP contribution in [0.5, 0.6) is 17.2 Å². The van der Waals surface area contributed by atoms with Crippen LogP contribution in [0.25, 0.3) is 6.08 Å². The maximum Gasteiger partial charge on any atom is 0.244 e. The van der Waals surface area contributed by atoms with Crippen LogP contribution in [0.4, 0.5) is 5.69 Å². The minimum absolute atomic E-state index is 0.102. The monoisotopic (exact) mass is 438 g/mol. The minimum Gasteiger partial charge on any atom is -0.493 e. The lowest BCUT2D eigenvalue weighted by atomic mass is 9.98. The van der Waals surface area contributed by atoms with Crippen LogP contribution in [0.15, 0.2) is 42.5 Å². The van der Waals surface area contributed by atoms with E-state index in [4.69, 9.17) is 14.2 Å². The van der Waals surface area contributed by atoms with Gasteiger partial charge in [0.15, 0.2) is 11.5 Å². The second-order valence-corrected chi connectivity index (χ2v) is 8.25. The van der Waals surface area contributed by atoms with E-state index in [9.17, 15) is 4.79 Å². The molecule has 1 heterocycles. The number of benzene rings is 2. The first-order chi connectivity index (χ1) is 15.5. The van der Waals surface area contributed by atoms with E-state index in [1.807, 2.05) is 13.0 Å². The summed E-state index contributed by atoms with van der Waals surface area (Å²) >= 11 is 0. The molecule has 0 radical (unpaired) electrons. The largest absolute Gasteiger partial charge is 0.493 e. The van der Waals surface area contributed by atoms with Crippen LogP contribution in [-0.4, -0.2) is 40.3 Å². The van der Waals surface area contributed by atoms with E-state index in [1.54, 1.807) is 33.5 Å². The van der Waals surface area contributed by atoms with Gasteiger partial charge in [0.05, 0.1) is 27.4 Å². The third kappa shape index (κ3) is 5.55. The first-order valence-electron chi connectivity index (χ1n) is 11.1. The smallest absolute Gasteiger partial charge is 0.244 e. The van der Waals surface area contributed by atoms with E-state index in [2.05, 4.69) is 41.4 Å². The predicted molar refractivity (Wildman–Crippen MR) is 129 cm³/mol. The number of methoxy groups -OCH3 is 3. The molecule has 3 rings (SSSR count). The van der Waals surface area contributed by atoms with Crippen molar-refractivity contribution in [1.29, 1.82) is 0 Å². The molecule has 0 spiro atoms. The summed E-state index contributed by atoms with van der Waals surface area (Å²) in [6.07, 6.45) is 5.70. The van der Waals surface area contributed by atoms with E-state index in [-0.39, 0.29) is 11.9 Å². The number of carbonyl (C=O) groups is 1. The third-order valence-electron chi connectivity index (χ3n) is 6.05. The van der Waals surface area contributed by atoms with Gasteiger partial charge >= 0.3 is 0 Å². The molecule has 1 amide bonds. The molecule has 6 heteroatoms. The van der Waals surface area contributed by atoms with Gasteiger partial charge in [0.1, 0.15) is 0 Å². The summed E-state index contributed by atoms with van der Waals surface area (Å²) in [5, 5.41) is 3.02. The Morgan fingerprint density at radius 1 is 1.00 bits per heavy atom. The molecule has 1 N–H and O–H groups in total. The fourth-order valence-corrected chi connectivity index (χ4v) is 4.01. The number of hydrogen-bond donors (Lipinski definition) is 1. The summed E-state index contributed by atoms with van der Waals surface area (Å²) < 4.78 is 16.2. The second kappa shape index (κ2) is 10.9. The van der Waals surface area contributed by atoms with Crippen molar-refractivity contribution in [3.05, 3.63) is 53.6 Å². The van der Waals surface area contributed by atoms with E-state index in [1.165, 1.54) is 24.6 Å². The first kappa shape index (κ1) is 23.5. The Balaban J connectivity index is 1.63. The zero-order valence-electron chi connectivity index (χ0n) is 19.7. The van der Waals surface area contributed by atoms with Crippen molar-refractivity contribution in [3.8, 4) is 17.2 Å². The summed E-state index contributed by atoms with van der Waals surface area (Å²) in [5.74, 6) is 2.22. The number of rotatable bonds is 8. The maximum absolute atomic E-state index is 12.5. The quantitative estimate of drug-likeness (QED) is 0.598. The highest BCUT2D eigenvalue weighted by Crippen LogP contribution is 2.40. The molecule has 0 aromatic heterocycles. The van der Waals surface area contributed by atoms with Gasteiger partial charge in [-0.15, -0.1) is 0 Å². The van der Waals surface area contributed by atoms with Gasteiger partial charge in [0, 0.05) is 30.4 Å². The zero-order chi connectivity index (χ0) is 23.1. The molecule has 0 aliphatic carbocycles. The summed E-state index contributed by atoms with van der Waals surface area (Å²) in [4.78, 5) is 15.0. The topological polar surface area (TPSA) is 60.0 Å². The molecule has 1 unspecified atom stereocenters. The molecule has 2 aromatic carbocycles. The molecular weight excluding hydrogens is 404 g/mol. The molecule has 1 atom stereocenters. The zero-order valence-corrected chi connectivity index (χ0v) is 19.7. The lowest BCUT2D eigenvalue weighted by Crippen LogP contribution is -2.32. The molecule has 172 valence electrons. The molecule has 1 saturated heterocycles. The summed E-state index contributed by atoms with van der Waals surface area (Å²) in [6, 6.07) is 12.0. The average molecular weight is 439 g/mol. The molecule has 0 saturated carbocycles. The van der Waals surface area contributed by atoms with Crippen LogP contribution in [0, 0.1) is 5.92 Å². The Bertz CT molecular complexity index is 932. The van der Waals surface area contributed by atoms with Gasteiger partial charge in [-0.3, -0.25) is 4.79 Å². The van der Waals surface area contributed by atoms with Gasteiger partial charge in [-0.05, 0) is 61.6 Å². The molecule has 32 heavy (non-hydrogen) atoms. The Morgan fingerprint density at radius 3 is 2.25 bits per heavy atom. The number of hydrogen-bond acceptors (Lipinski definition) is 5. The molecular formula is C26H34N2O4. The van der Waals surface area contributed by atoms with Gasteiger partial charge in [-0.2, -0.15) is 0 Å². The van der Waals surface area contributed by atoms with E-state index >= 15 is 0 Å². The summed E-state index contributed by atoms with van der Waals surface area (Å²) in [6.45, 7) is 6.52. The van der Waals surface area contributed by atoms with Crippen molar-refractivity contribution in [1.82, 2.24) is 5.32 Å². The third-order valence-corrected chi connectivity index (χ3v) is 6.05. The molecule has 2 aromatic rings. The Hall–Kier alpha value is -3.15. The maximum atomic E-state index is 12.5. The number of ether oxygens (including phenoxy) is 3. The Labute approximate surface area is 191 Å². The van der Waals surface area contributed by atoms with Crippen LogP contribution >= 0.6 is 0 Å². The van der Waals surface area contributed by atoms with Crippen molar-refractivity contribution >= 4 is 17.7 Å². The SMILES string of the molecule is COc1ccc(/C=C/C(=O)NC(C)c2ccc(N3CCC(C)CC3)cc2)c(OC)c1OC. The fourth-order valence-electron chi connectivity index (χ4n) is 4.01. The van der Waals surface area contributed by atoms with E-state index in [0.29, 0.717) is 17.2 Å². The van der Waals surface area contributed by atoms with Crippen LogP contribution in [-0.2, 0) is 4.79 Å². The number of nitrogens with one attached hydrogen (secondary N) is 1. The average Bonchev–Trinajstić information content (AvgIpc) is 2.82. The van der Waals surface area contributed by atoms with E-state index in [0.717, 1.165) is 30.1 Å². The molecule has 6 nitrogen and oxygen atoms in total. The molecule has 0 bridgehead atoms. The van der Waals surface area contributed by atoms with Crippen LogP contribution < -0.4 is 24.4 Å². The van der Waals surface area contributed by atoms with Crippen LogP contribution in [0.1, 0.15) is 43.9 Å². The van der Waals surface area contributed by atoms with Crippen molar-refractivity contribution in [2.24, 2.45) is 5.92 Å². The summed E-state index contributed by atoms with van der Waals surface area (Å²) in [5.41, 5.74) is 3.05. The fraction of sp³-hybridized carbons (Fsp3) is 0.423. The highest BCUT2D eigenvalue weighted by Gasteiger charge is 2.17. The number of nitrogens with zero attached hydrogens (tertiary/aromatic N) is 1. The first-order valence-corrected chi connectivity index (χ1v) is 11.1. The van der Waals surface area contributed by atoms with Crippen LogP contribution in [0.2, 0.25) is 0 Å². The molecule has 1 aliphatic rings. The van der Waals surface area contributed by atoms with Crippen molar-refractivity contribution in [3.63, 3.8) is 0 Å². The van der Waals surface area contributed by atoms with Gasteiger partial charge < -0.3 is 24.4 Å². The highest BCUT2D eigenvalue weighted by atomic mass is 16.5. The van der Waals surface area contributed by atoms with Crippen molar-refractivity contribution < 1.29 is 19.0 Å². The Kier molecular flexibility index (Phi) is 8.03.